The molecule has 0 spiro atoms. The Kier molecular flexibility index (Phi) is 2.21. The zero-order valence-corrected chi connectivity index (χ0v) is 8.43. The summed E-state index contributed by atoms with van der Waals surface area (Å²) in [5, 5.41) is 5.01. The van der Waals surface area contributed by atoms with Crippen molar-refractivity contribution >= 4 is 11.9 Å². The van der Waals surface area contributed by atoms with Gasteiger partial charge in [-0.15, -0.1) is 0 Å². The Morgan fingerprint density at radius 3 is 2.36 bits per heavy atom. The van der Waals surface area contributed by atoms with Crippen molar-refractivity contribution in [2.24, 2.45) is 5.41 Å². The first-order chi connectivity index (χ1) is 6.62. The van der Waals surface area contributed by atoms with Crippen LogP contribution in [0, 0.1) is 5.41 Å². The first-order valence-corrected chi connectivity index (χ1v) is 5.23. The van der Waals surface area contributed by atoms with Crippen LogP contribution in [0.15, 0.2) is 0 Å². The van der Waals surface area contributed by atoms with Gasteiger partial charge in [0.05, 0.1) is 0 Å². The molecule has 0 aromatic carbocycles. The van der Waals surface area contributed by atoms with Crippen LogP contribution in [-0.4, -0.2) is 18.0 Å². The summed E-state index contributed by atoms with van der Waals surface area (Å²) in [5.41, 5.74) is -0.0332. The predicted octanol–water partition coefficient (Wildman–Crippen LogP) is 1.16. The van der Waals surface area contributed by atoms with Crippen LogP contribution in [0.3, 0.4) is 0 Å². The van der Waals surface area contributed by atoms with Crippen LogP contribution in [0.25, 0.3) is 0 Å². The molecule has 14 heavy (non-hydrogen) atoms. The molecule has 1 aliphatic heterocycles. The second-order valence-electron chi connectivity index (χ2n) is 4.61. The molecule has 1 atom stereocenters. The number of nitrogens with one attached hydrogen (secondary N) is 2. The van der Waals surface area contributed by atoms with E-state index in [0.717, 1.165) is 25.7 Å². The third kappa shape index (κ3) is 1.49. The fourth-order valence-electron chi connectivity index (χ4n) is 2.56. The summed E-state index contributed by atoms with van der Waals surface area (Å²) in [6.07, 6.45) is 5.64. The maximum Gasteiger partial charge on any atom is 0.322 e. The summed E-state index contributed by atoms with van der Waals surface area (Å²) in [5.74, 6) is -0.153. The molecule has 4 heteroatoms. The number of carbonyl (C=O) groups is 2. The third-order valence-corrected chi connectivity index (χ3v) is 3.47. The fraction of sp³-hybridized carbons (Fsp3) is 0.800. The van der Waals surface area contributed by atoms with Crippen LogP contribution in [0.5, 0.6) is 0 Å². The summed E-state index contributed by atoms with van der Waals surface area (Å²) in [7, 11) is 0. The second-order valence-corrected chi connectivity index (χ2v) is 4.61. The quantitative estimate of drug-likeness (QED) is 0.618. The lowest BCUT2D eigenvalue weighted by Crippen LogP contribution is -2.45. The molecule has 2 N–H and O–H groups in total. The minimum atomic E-state index is -0.341. The number of hydrogen-bond acceptors (Lipinski definition) is 2. The van der Waals surface area contributed by atoms with Crippen LogP contribution >= 0.6 is 0 Å². The van der Waals surface area contributed by atoms with Gasteiger partial charge in [-0.2, -0.15) is 0 Å². The molecule has 0 aromatic heterocycles. The van der Waals surface area contributed by atoms with Crippen molar-refractivity contribution in [2.45, 2.75) is 45.1 Å². The van der Waals surface area contributed by atoms with E-state index in [-0.39, 0.29) is 23.4 Å². The van der Waals surface area contributed by atoms with Crippen molar-refractivity contribution in [1.29, 1.82) is 0 Å². The normalized spacial score (nSPS) is 31.1. The predicted molar refractivity (Wildman–Crippen MR) is 51.7 cm³/mol. The molecule has 0 radical (unpaired) electrons. The molecule has 0 aromatic rings. The highest BCUT2D eigenvalue weighted by atomic mass is 16.2. The minimum Gasteiger partial charge on any atom is -0.325 e. The maximum absolute atomic E-state index is 11.5. The molecule has 1 heterocycles. The summed E-state index contributed by atoms with van der Waals surface area (Å²) < 4.78 is 0. The van der Waals surface area contributed by atoms with E-state index in [1.54, 1.807) is 0 Å². The molecular formula is C10H16N2O2. The van der Waals surface area contributed by atoms with Crippen molar-refractivity contribution in [1.82, 2.24) is 10.6 Å². The first kappa shape index (κ1) is 9.49. The van der Waals surface area contributed by atoms with Crippen molar-refractivity contribution in [3.63, 3.8) is 0 Å². The van der Waals surface area contributed by atoms with Gasteiger partial charge in [-0.1, -0.05) is 26.2 Å². The summed E-state index contributed by atoms with van der Waals surface area (Å²) in [6.45, 7) is 2.10. The highest BCUT2D eigenvalue weighted by Crippen LogP contribution is 2.39. The van der Waals surface area contributed by atoms with E-state index in [2.05, 4.69) is 17.6 Å². The van der Waals surface area contributed by atoms with Crippen LogP contribution in [0.1, 0.15) is 39.0 Å². The lowest BCUT2D eigenvalue weighted by Gasteiger charge is -2.36. The Bertz CT molecular complexity index is 269. The number of rotatable bonds is 1. The smallest absolute Gasteiger partial charge is 0.322 e. The van der Waals surface area contributed by atoms with Crippen LogP contribution < -0.4 is 10.6 Å². The molecule has 78 valence electrons. The van der Waals surface area contributed by atoms with Crippen LogP contribution in [-0.2, 0) is 4.79 Å². The van der Waals surface area contributed by atoms with Gasteiger partial charge in [-0.05, 0) is 18.3 Å². The third-order valence-electron chi connectivity index (χ3n) is 3.47. The van der Waals surface area contributed by atoms with E-state index < -0.39 is 0 Å². The highest BCUT2D eigenvalue weighted by molar-refractivity contribution is 6.04. The van der Waals surface area contributed by atoms with Crippen molar-refractivity contribution in [3.05, 3.63) is 0 Å². The SMILES string of the molecule is CC1(C2NC(=O)NC2=O)CCCCC1. The van der Waals surface area contributed by atoms with E-state index in [4.69, 9.17) is 0 Å². The highest BCUT2D eigenvalue weighted by Gasteiger charge is 2.44. The van der Waals surface area contributed by atoms with Gasteiger partial charge in [0.25, 0.3) is 5.91 Å². The fourth-order valence-corrected chi connectivity index (χ4v) is 2.56. The Morgan fingerprint density at radius 2 is 1.86 bits per heavy atom. The topological polar surface area (TPSA) is 58.2 Å². The van der Waals surface area contributed by atoms with Crippen molar-refractivity contribution in [2.75, 3.05) is 0 Å². The number of urea groups is 1. The molecule has 0 bridgehead atoms. The molecule has 1 saturated heterocycles. The summed E-state index contributed by atoms with van der Waals surface area (Å²) in [4.78, 5) is 22.5. The number of amides is 3. The van der Waals surface area contributed by atoms with Gasteiger partial charge in [-0.3, -0.25) is 10.1 Å². The van der Waals surface area contributed by atoms with E-state index in [9.17, 15) is 9.59 Å². The van der Waals surface area contributed by atoms with Gasteiger partial charge in [0.2, 0.25) is 0 Å². The Hall–Kier alpha value is -1.06. The maximum atomic E-state index is 11.5. The zero-order valence-electron chi connectivity index (χ0n) is 8.43. The van der Waals surface area contributed by atoms with Gasteiger partial charge >= 0.3 is 6.03 Å². The Balaban J connectivity index is 2.12. The van der Waals surface area contributed by atoms with Gasteiger partial charge in [0.15, 0.2) is 0 Å². The van der Waals surface area contributed by atoms with E-state index in [1.807, 2.05) is 0 Å². The van der Waals surface area contributed by atoms with Gasteiger partial charge in [0.1, 0.15) is 6.04 Å². The molecule has 2 rings (SSSR count). The van der Waals surface area contributed by atoms with Gasteiger partial charge in [0, 0.05) is 0 Å². The molecule has 1 saturated carbocycles. The number of hydrogen-bond donors (Lipinski definition) is 2. The lowest BCUT2D eigenvalue weighted by molar-refractivity contribution is -0.123. The monoisotopic (exact) mass is 196 g/mol. The van der Waals surface area contributed by atoms with Crippen LogP contribution in [0.2, 0.25) is 0 Å². The van der Waals surface area contributed by atoms with E-state index in [1.165, 1.54) is 6.42 Å². The number of carbonyl (C=O) groups excluding carboxylic acids is 2. The first-order valence-electron chi connectivity index (χ1n) is 5.23. The molecule has 1 aliphatic carbocycles. The van der Waals surface area contributed by atoms with E-state index in [0.29, 0.717) is 0 Å². The van der Waals surface area contributed by atoms with Crippen LogP contribution in [0.4, 0.5) is 4.79 Å². The van der Waals surface area contributed by atoms with Gasteiger partial charge < -0.3 is 5.32 Å². The second kappa shape index (κ2) is 3.26. The standard InChI is InChI=1S/C10H16N2O2/c1-10(5-3-2-4-6-10)7-8(13)12-9(14)11-7/h7H,2-6H2,1H3,(H2,11,12,13,14). The average Bonchev–Trinajstić information content (AvgIpc) is 2.47. The largest absolute Gasteiger partial charge is 0.325 e. The molecule has 1 unspecified atom stereocenters. The zero-order chi connectivity index (χ0) is 10.2. The summed E-state index contributed by atoms with van der Waals surface area (Å²) >= 11 is 0. The molecule has 2 aliphatic rings. The Morgan fingerprint density at radius 1 is 1.21 bits per heavy atom. The Labute approximate surface area is 83.4 Å². The molecule has 2 fully saturated rings. The molecule has 3 amide bonds. The number of imide groups is 1. The van der Waals surface area contributed by atoms with Crippen molar-refractivity contribution < 1.29 is 9.59 Å². The van der Waals surface area contributed by atoms with E-state index >= 15 is 0 Å². The minimum absolute atomic E-state index is 0.0332. The average molecular weight is 196 g/mol. The lowest BCUT2D eigenvalue weighted by atomic mass is 9.70. The molecular weight excluding hydrogens is 180 g/mol. The molecule has 4 nitrogen and oxygen atoms in total. The van der Waals surface area contributed by atoms with Crippen molar-refractivity contribution in [3.8, 4) is 0 Å². The van der Waals surface area contributed by atoms with Gasteiger partial charge in [-0.25, -0.2) is 4.79 Å². The summed E-state index contributed by atoms with van der Waals surface area (Å²) in [6, 6.07) is -0.651.